The SMILES string of the molecule is N=[S-](=O)CC1CCCC1. The summed E-state index contributed by atoms with van der Waals surface area (Å²) in [6.45, 7) is 0. The van der Waals surface area contributed by atoms with E-state index in [0.717, 1.165) is 0 Å². The van der Waals surface area contributed by atoms with Crippen LogP contribution in [0.3, 0.4) is 0 Å². The molecule has 0 amide bonds. The second-order valence-electron chi connectivity index (χ2n) is 2.66. The second-order valence-corrected chi connectivity index (χ2v) is 3.69. The average Bonchev–Trinajstić information content (AvgIpc) is 2.15. The van der Waals surface area contributed by atoms with Gasteiger partial charge in [-0.1, -0.05) is 37.4 Å². The summed E-state index contributed by atoms with van der Waals surface area (Å²) in [6.07, 6.45) is 4.96. The Morgan fingerprint density at radius 3 is 2.44 bits per heavy atom. The van der Waals surface area contributed by atoms with Gasteiger partial charge in [0.25, 0.3) is 0 Å². The van der Waals surface area contributed by atoms with Gasteiger partial charge in [-0.05, 0) is 0 Å². The average molecular weight is 146 g/mol. The van der Waals surface area contributed by atoms with Crippen LogP contribution in [-0.4, -0.2) is 5.75 Å². The van der Waals surface area contributed by atoms with Crippen molar-refractivity contribution in [2.45, 2.75) is 25.7 Å². The minimum absolute atomic E-state index is 0.600. The first-order chi connectivity index (χ1) is 4.29. The van der Waals surface area contributed by atoms with Crippen LogP contribution in [-0.2, 0) is 14.8 Å². The fraction of sp³-hybridized carbons (Fsp3) is 1.00. The molecule has 0 aromatic heterocycles. The Balaban J connectivity index is 2.27. The Labute approximate surface area is 57.7 Å². The molecule has 54 valence electrons. The van der Waals surface area contributed by atoms with Crippen LogP contribution in [0.5, 0.6) is 0 Å². The van der Waals surface area contributed by atoms with Crippen LogP contribution in [0.4, 0.5) is 0 Å². The molecule has 1 fully saturated rings. The van der Waals surface area contributed by atoms with Crippen LogP contribution < -0.4 is 0 Å². The molecule has 0 atom stereocenters. The highest BCUT2D eigenvalue weighted by atomic mass is 32.2. The van der Waals surface area contributed by atoms with Gasteiger partial charge in [-0.2, -0.15) is 10.6 Å². The number of nitrogens with one attached hydrogen (secondary N) is 1. The minimum Gasteiger partial charge on any atom is -0.445 e. The van der Waals surface area contributed by atoms with E-state index in [2.05, 4.69) is 0 Å². The fourth-order valence-corrected chi connectivity index (χ4v) is 2.15. The zero-order chi connectivity index (χ0) is 6.69. The molecule has 0 unspecified atom stereocenters. The number of hydrogen-bond donors (Lipinski definition) is 1. The minimum atomic E-state index is -1.31. The summed E-state index contributed by atoms with van der Waals surface area (Å²) in [5.41, 5.74) is 0. The predicted octanol–water partition coefficient (Wildman–Crippen LogP) is 1.90. The predicted molar refractivity (Wildman–Crippen MR) is 37.6 cm³/mol. The third kappa shape index (κ3) is 2.35. The van der Waals surface area contributed by atoms with E-state index in [-0.39, 0.29) is 0 Å². The van der Waals surface area contributed by atoms with Crippen LogP contribution >= 0.6 is 0 Å². The Kier molecular flexibility index (Phi) is 2.51. The first kappa shape index (κ1) is 7.06. The van der Waals surface area contributed by atoms with Gasteiger partial charge in [0, 0.05) is 0 Å². The van der Waals surface area contributed by atoms with E-state index in [1.807, 2.05) is 0 Å². The zero-order valence-electron chi connectivity index (χ0n) is 5.43. The first-order valence-electron chi connectivity index (χ1n) is 3.38. The molecule has 0 radical (unpaired) electrons. The van der Waals surface area contributed by atoms with Crippen molar-refractivity contribution in [1.82, 2.24) is 0 Å². The highest BCUT2D eigenvalue weighted by Gasteiger charge is 2.10. The van der Waals surface area contributed by atoms with Crippen LogP contribution in [0.2, 0.25) is 0 Å². The highest BCUT2D eigenvalue weighted by molar-refractivity contribution is 7.73. The zero-order valence-corrected chi connectivity index (χ0v) is 6.25. The maximum Gasteiger partial charge on any atom is -0.0520 e. The van der Waals surface area contributed by atoms with Crippen molar-refractivity contribution in [2.24, 2.45) is 5.92 Å². The van der Waals surface area contributed by atoms with Gasteiger partial charge in [0.2, 0.25) is 0 Å². The molecule has 9 heavy (non-hydrogen) atoms. The van der Waals surface area contributed by atoms with Crippen LogP contribution in [0, 0.1) is 10.7 Å². The summed E-state index contributed by atoms with van der Waals surface area (Å²) in [4.78, 5) is 0. The van der Waals surface area contributed by atoms with Crippen molar-refractivity contribution < 1.29 is 4.21 Å². The highest BCUT2D eigenvalue weighted by Crippen LogP contribution is 2.24. The monoisotopic (exact) mass is 146 g/mol. The summed E-state index contributed by atoms with van der Waals surface area (Å²) in [5, 5.41) is 0. The Hall–Kier alpha value is -0.0500. The lowest BCUT2D eigenvalue weighted by molar-refractivity contribution is 0.574. The largest absolute Gasteiger partial charge is 0.445 e. The van der Waals surface area contributed by atoms with E-state index in [1.54, 1.807) is 0 Å². The summed E-state index contributed by atoms with van der Waals surface area (Å²) >= 11 is 0. The molecule has 0 heterocycles. The normalized spacial score (nSPS) is 21.4. The van der Waals surface area contributed by atoms with Gasteiger partial charge in [0.1, 0.15) is 0 Å². The maximum absolute atomic E-state index is 10.4. The molecule has 1 aliphatic rings. The smallest absolute Gasteiger partial charge is 0.0520 e. The van der Waals surface area contributed by atoms with Crippen LogP contribution in [0.15, 0.2) is 0 Å². The summed E-state index contributed by atoms with van der Waals surface area (Å²) in [5.74, 6) is 1.21. The summed E-state index contributed by atoms with van der Waals surface area (Å²) in [7, 11) is -1.31. The molecule has 0 aliphatic heterocycles. The van der Waals surface area contributed by atoms with Crippen LogP contribution in [0.25, 0.3) is 0 Å². The van der Waals surface area contributed by atoms with Gasteiger partial charge in [0.05, 0.1) is 0 Å². The molecule has 2 nitrogen and oxygen atoms in total. The third-order valence-electron chi connectivity index (χ3n) is 1.86. The Morgan fingerprint density at radius 2 is 2.00 bits per heavy atom. The van der Waals surface area contributed by atoms with Gasteiger partial charge in [-0.15, -0.1) is 0 Å². The van der Waals surface area contributed by atoms with Gasteiger partial charge in [-0.25, -0.2) is 0 Å². The van der Waals surface area contributed by atoms with Crippen molar-refractivity contribution >= 4 is 10.6 Å². The quantitative estimate of drug-likeness (QED) is 0.594. The topological polar surface area (TPSA) is 40.9 Å². The third-order valence-corrected chi connectivity index (χ3v) is 2.64. The van der Waals surface area contributed by atoms with E-state index < -0.39 is 10.6 Å². The van der Waals surface area contributed by atoms with Crippen molar-refractivity contribution in [1.29, 1.82) is 4.78 Å². The number of rotatable bonds is 2. The molecular weight excluding hydrogens is 134 g/mol. The lowest BCUT2D eigenvalue weighted by atomic mass is 10.1. The van der Waals surface area contributed by atoms with Crippen molar-refractivity contribution in [3.05, 3.63) is 0 Å². The van der Waals surface area contributed by atoms with Gasteiger partial charge >= 0.3 is 0 Å². The molecule has 0 aromatic rings. The molecule has 0 saturated heterocycles. The van der Waals surface area contributed by atoms with Gasteiger partial charge in [0.15, 0.2) is 0 Å². The second kappa shape index (κ2) is 3.20. The molecular formula is C6H12NOS-. The Morgan fingerprint density at radius 1 is 1.44 bits per heavy atom. The maximum atomic E-state index is 10.4. The lowest BCUT2D eigenvalue weighted by Gasteiger charge is -2.07. The fourth-order valence-electron chi connectivity index (χ4n) is 1.39. The van der Waals surface area contributed by atoms with Crippen molar-refractivity contribution in [3.8, 4) is 0 Å². The standard InChI is InChI=1S/C6H12NOS/c7-9(8)5-6-3-1-2-4-6/h6-7H,1-5H2/q-1. The molecule has 0 spiro atoms. The summed E-state index contributed by atoms with van der Waals surface area (Å²) < 4.78 is 17.2. The van der Waals surface area contributed by atoms with E-state index in [1.165, 1.54) is 25.7 Å². The molecule has 1 saturated carbocycles. The first-order valence-corrected chi connectivity index (χ1v) is 4.70. The van der Waals surface area contributed by atoms with E-state index in [4.69, 9.17) is 4.78 Å². The van der Waals surface area contributed by atoms with E-state index in [9.17, 15) is 4.21 Å². The Bertz CT molecular complexity index is 139. The summed E-state index contributed by atoms with van der Waals surface area (Å²) in [6, 6.07) is 0. The van der Waals surface area contributed by atoms with Crippen LogP contribution in [0.1, 0.15) is 25.7 Å². The van der Waals surface area contributed by atoms with Gasteiger partial charge < -0.3 is 8.99 Å². The number of hydrogen-bond acceptors (Lipinski definition) is 3. The van der Waals surface area contributed by atoms with E-state index >= 15 is 0 Å². The molecule has 1 aliphatic carbocycles. The van der Waals surface area contributed by atoms with Crippen molar-refractivity contribution in [2.75, 3.05) is 5.75 Å². The molecule has 0 aromatic carbocycles. The molecule has 3 heteroatoms. The van der Waals surface area contributed by atoms with Crippen molar-refractivity contribution in [3.63, 3.8) is 0 Å². The molecule has 0 bridgehead atoms. The molecule has 1 rings (SSSR count). The van der Waals surface area contributed by atoms with E-state index in [0.29, 0.717) is 11.7 Å². The molecule has 1 N–H and O–H groups in total. The van der Waals surface area contributed by atoms with Gasteiger partial charge in [-0.3, -0.25) is 0 Å². The lowest BCUT2D eigenvalue weighted by Crippen LogP contribution is -1.99.